The van der Waals surface area contributed by atoms with Crippen LogP contribution in [-0.4, -0.2) is 13.2 Å². The number of nitrogens with zero attached hydrogens (tertiary/aromatic N) is 2. The highest BCUT2D eigenvalue weighted by Gasteiger charge is 2.09. The topological polar surface area (TPSA) is 66.0 Å². The van der Waals surface area contributed by atoms with Crippen LogP contribution < -0.4 is 0 Å². The monoisotopic (exact) mass is 166 g/mol. The van der Waals surface area contributed by atoms with E-state index in [1.165, 1.54) is 7.11 Å². The van der Waals surface area contributed by atoms with Gasteiger partial charge in [0, 0.05) is 0 Å². The fourth-order valence-electron chi connectivity index (χ4n) is 0.539. The van der Waals surface area contributed by atoms with Crippen molar-refractivity contribution in [3.8, 4) is 12.1 Å². The molecule has 0 radical (unpaired) electrons. The van der Waals surface area contributed by atoms with Crippen molar-refractivity contribution >= 4 is 0 Å². The lowest BCUT2D eigenvalue weighted by atomic mass is 10.3. The first-order chi connectivity index (χ1) is 5.65. The molecular weight excluding hydrogens is 156 g/mol. The Kier molecular flexibility index (Phi) is 4.33. The molecule has 0 bridgehead atoms. The first-order valence-corrected chi connectivity index (χ1v) is 3.40. The normalized spacial score (nSPS) is 8.17. The van der Waals surface area contributed by atoms with E-state index in [9.17, 15) is 0 Å². The van der Waals surface area contributed by atoms with Crippen molar-refractivity contribution in [3.05, 3.63) is 11.5 Å². The smallest absolute Gasteiger partial charge is 0.308 e. The van der Waals surface area contributed by atoms with Crippen LogP contribution in [0.5, 0.6) is 0 Å². The van der Waals surface area contributed by atoms with Crippen molar-refractivity contribution in [1.29, 1.82) is 10.5 Å². The van der Waals surface area contributed by atoms with Crippen LogP contribution in [0.15, 0.2) is 11.5 Å². The maximum Gasteiger partial charge on any atom is 0.308 e. The molecule has 64 valence electrons. The van der Waals surface area contributed by atoms with Crippen LogP contribution in [0.3, 0.4) is 0 Å². The van der Waals surface area contributed by atoms with Crippen molar-refractivity contribution in [1.82, 2.24) is 0 Å². The van der Waals surface area contributed by atoms with E-state index in [1.807, 2.05) is 0 Å². The molecule has 0 aliphatic rings. The van der Waals surface area contributed by atoms with E-state index in [0.29, 0.717) is 0 Å². The van der Waals surface area contributed by atoms with Gasteiger partial charge in [-0.05, 0) is 13.8 Å². The molecule has 0 atom stereocenters. The predicted octanol–water partition coefficient (Wildman–Crippen LogP) is 1.32. The Morgan fingerprint density at radius 1 is 1.25 bits per heavy atom. The van der Waals surface area contributed by atoms with Gasteiger partial charge in [0.1, 0.15) is 12.1 Å². The lowest BCUT2D eigenvalue weighted by Crippen LogP contribution is -2.05. The molecule has 4 heteroatoms. The van der Waals surface area contributed by atoms with Crippen LogP contribution >= 0.6 is 0 Å². The molecule has 0 rings (SSSR count). The highest BCUT2D eigenvalue weighted by Crippen LogP contribution is 2.08. The van der Waals surface area contributed by atoms with E-state index in [-0.39, 0.29) is 17.6 Å². The second kappa shape index (κ2) is 5.03. The first kappa shape index (κ1) is 10.3. The number of methoxy groups -OCH3 is 1. The Morgan fingerprint density at radius 3 is 2.00 bits per heavy atom. The second-order valence-electron chi connectivity index (χ2n) is 2.26. The maximum atomic E-state index is 8.45. The highest BCUT2D eigenvalue weighted by molar-refractivity contribution is 5.35. The van der Waals surface area contributed by atoms with Crippen molar-refractivity contribution in [2.75, 3.05) is 7.11 Å². The van der Waals surface area contributed by atoms with Gasteiger partial charge in [0.2, 0.25) is 5.57 Å². The van der Waals surface area contributed by atoms with Crippen LogP contribution in [0, 0.1) is 22.7 Å². The van der Waals surface area contributed by atoms with Gasteiger partial charge in [-0.25, -0.2) is 0 Å². The molecule has 0 N–H and O–H groups in total. The number of allylic oxidation sites excluding steroid dienone is 1. The van der Waals surface area contributed by atoms with Crippen LogP contribution in [0.25, 0.3) is 0 Å². The predicted molar refractivity (Wildman–Crippen MR) is 41.5 cm³/mol. The molecule has 0 aliphatic heterocycles. The van der Waals surface area contributed by atoms with Crippen LogP contribution in [-0.2, 0) is 9.47 Å². The number of rotatable bonds is 3. The van der Waals surface area contributed by atoms with E-state index in [2.05, 4.69) is 0 Å². The fourth-order valence-corrected chi connectivity index (χ4v) is 0.539. The van der Waals surface area contributed by atoms with Gasteiger partial charge in [-0.2, -0.15) is 10.5 Å². The van der Waals surface area contributed by atoms with Crippen molar-refractivity contribution in [2.45, 2.75) is 20.0 Å². The van der Waals surface area contributed by atoms with Crippen LogP contribution in [0.1, 0.15) is 13.8 Å². The molecule has 0 spiro atoms. The molecule has 12 heavy (non-hydrogen) atoms. The number of ether oxygens (including phenoxy) is 2. The van der Waals surface area contributed by atoms with E-state index >= 15 is 0 Å². The summed E-state index contributed by atoms with van der Waals surface area (Å²) in [6, 6.07) is 3.35. The fraction of sp³-hybridized carbons (Fsp3) is 0.500. The Labute approximate surface area is 71.6 Å². The van der Waals surface area contributed by atoms with Gasteiger partial charge < -0.3 is 9.47 Å². The minimum absolute atomic E-state index is 0.0185. The molecule has 0 heterocycles. The number of hydrogen-bond acceptors (Lipinski definition) is 4. The summed E-state index contributed by atoms with van der Waals surface area (Å²) in [6.07, 6.45) is -0.114. The summed E-state index contributed by atoms with van der Waals surface area (Å²) in [5.41, 5.74) is -0.147. The zero-order valence-corrected chi connectivity index (χ0v) is 7.29. The van der Waals surface area contributed by atoms with E-state index in [1.54, 1.807) is 26.0 Å². The van der Waals surface area contributed by atoms with Gasteiger partial charge in [-0.15, -0.1) is 0 Å². The minimum atomic E-state index is -0.147. The van der Waals surface area contributed by atoms with Gasteiger partial charge in [0.15, 0.2) is 0 Å². The Morgan fingerprint density at radius 2 is 1.75 bits per heavy atom. The Hall–Kier alpha value is -1.68. The molecule has 0 aromatic carbocycles. The van der Waals surface area contributed by atoms with Crippen molar-refractivity contribution in [3.63, 3.8) is 0 Å². The van der Waals surface area contributed by atoms with Gasteiger partial charge in [0.25, 0.3) is 0 Å². The molecule has 0 amide bonds. The number of nitriles is 2. The van der Waals surface area contributed by atoms with Gasteiger partial charge in [-0.3, -0.25) is 0 Å². The third-order valence-electron chi connectivity index (χ3n) is 0.956. The lowest BCUT2D eigenvalue weighted by Gasteiger charge is -2.10. The zero-order valence-electron chi connectivity index (χ0n) is 7.29. The summed E-state index contributed by atoms with van der Waals surface area (Å²) < 4.78 is 9.77. The summed E-state index contributed by atoms with van der Waals surface area (Å²) in [6.45, 7) is 3.57. The van der Waals surface area contributed by atoms with Gasteiger partial charge in [0.05, 0.1) is 13.2 Å². The first-order valence-electron chi connectivity index (χ1n) is 3.40. The van der Waals surface area contributed by atoms with E-state index < -0.39 is 0 Å². The third-order valence-corrected chi connectivity index (χ3v) is 0.956. The van der Waals surface area contributed by atoms with Crippen molar-refractivity contribution < 1.29 is 9.47 Å². The van der Waals surface area contributed by atoms with Crippen LogP contribution in [0.2, 0.25) is 0 Å². The van der Waals surface area contributed by atoms with Crippen molar-refractivity contribution in [2.24, 2.45) is 0 Å². The van der Waals surface area contributed by atoms with Gasteiger partial charge >= 0.3 is 5.95 Å². The SMILES string of the molecule is COC(OC(C)C)=C(C#N)C#N. The summed E-state index contributed by atoms with van der Waals surface area (Å²) >= 11 is 0. The molecule has 0 saturated carbocycles. The number of hydrogen-bond donors (Lipinski definition) is 0. The molecule has 0 aromatic heterocycles. The summed E-state index contributed by atoms with van der Waals surface area (Å²) in [4.78, 5) is 0. The largest absolute Gasteiger partial charge is 0.467 e. The molecule has 4 nitrogen and oxygen atoms in total. The Balaban J connectivity index is 4.65. The molecule has 0 fully saturated rings. The molecule has 0 aliphatic carbocycles. The second-order valence-corrected chi connectivity index (χ2v) is 2.26. The Bertz CT molecular complexity index is 239. The summed E-state index contributed by atoms with van der Waals surface area (Å²) in [5.74, 6) is -0.0185. The third kappa shape index (κ3) is 2.94. The average Bonchev–Trinajstić information content (AvgIpc) is 2.04. The van der Waals surface area contributed by atoms with Crippen LogP contribution in [0.4, 0.5) is 0 Å². The van der Waals surface area contributed by atoms with Gasteiger partial charge in [-0.1, -0.05) is 0 Å². The minimum Gasteiger partial charge on any atom is -0.467 e. The molecule has 0 aromatic rings. The molecule has 0 saturated heterocycles. The quantitative estimate of drug-likeness (QED) is 0.468. The molecular formula is C8H10N2O2. The maximum absolute atomic E-state index is 8.45. The summed E-state index contributed by atoms with van der Waals surface area (Å²) in [7, 11) is 1.35. The highest BCUT2D eigenvalue weighted by atomic mass is 16.7. The average molecular weight is 166 g/mol. The van der Waals surface area contributed by atoms with E-state index in [4.69, 9.17) is 20.0 Å². The van der Waals surface area contributed by atoms with E-state index in [0.717, 1.165) is 0 Å². The zero-order chi connectivity index (χ0) is 9.56. The lowest BCUT2D eigenvalue weighted by molar-refractivity contribution is 0.0262. The standard InChI is InChI=1S/C8H10N2O2/c1-6(2)12-8(11-3)7(4-9)5-10/h6H,1-3H3. The molecule has 0 unspecified atom stereocenters. The summed E-state index contributed by atoms with van der Waals surface area (Å²) in [5, 5.41) is 16.9.